The predicted molar refractivity (Wildman–Crippen MR) is 85.0 cm³/mol. The SMILES string of the molecule is CN(Cc1ccncn1)C(=O)c1cc(COc2c(F)cccc2F)on1. The number of benzene rings is 1. The van der Waals surface area contributed by atoms with Crippen LogP contribution >= 0.6 is 0 Å². The first-order valence-electron chi connectivity index (χ1n) is 7.57. The van der Waals surface area contributed by atoms with Gasteiger partial charge >= 0.3 is 0 Å². The number of aromatic nitrogens is 3. The van der Waals surface area contributed by atoms with Crippen LogP contribution in [0, 0.1) is 11.6 Å². The van der Waals surface area contributed by atoms with Crippen molar-refractivity contribution in [3.63, 3.8) is 0 Å². The van der Waals surface area contributed by atoms with Crippen molar-refractivity contribution in [2.24, 2.45) is 0 Å². The Morgan fingerprint density at radius 3 is 2.73 bits per heavy atom. The van der Waals surface area contributed by atoms with Crippen LogP contribution in [0.4, 0.5) is 8.78 Å². The Labute approximate surface area is 147 Å². The lowest BCUT2D eigenvalue weighted by molar-refractivity contribution is 0.0772. The Kier molecular flexibility index (Phi) is 5.16. The second-order valence-corrected chi connectivity index (χ2v) is 5.38. The van der Waals surface area contributed by atoms with E-state index in [1.165, 1.54) is 23.4 Å². The summed E-state index contributed by atoms with van der Waals surface area (Å²) < 4.78 is 37.1. The van der Waals surface area contributed by atoms with E-state index < -0.39 is 23.3 Å². The van der Waals surface area contributed by atoms with Gasteiger partial charge in [0.2, 0.25) is 0 Å². The van der Waals surface area contributed by atoms with Crippen molar-refractivity contribution >= 4 is 5.91 Å². The summed E-state index contributed by atoms with van der Waals surface area (Å²) >= 11 is 0. The molecule has 2 heterocycles. The van der Waals surface area contributed by atoms with Crippen LogP contribution in [0.2, 0.25) is 0 Å². The molecule has 0 saturated heterocycles. The maximum Gasteiger partial charge on any atom is 0.276 e. The quantitative estimate of drug-likeness (QED) is 0.672. The van der Waals surface area contributed by atoms with Crippen LogP contribution in [-0.2, 0) is 13.2 Å². The van der Waals surface area contributed by atoms with E-state index in [4.69, 9.17) is 9.26 Å². The van der Waals surface area contributed by atoms with Crippen molar-refractivity contribution in [2.45, 2.75) is 13.2 Å². The van der Waals surface area contributed by atoms with Crippen LogP contribution in [-0.4, -0.2) is 33.0 Å². The van der Waals surface area contributed by atoms with E-state index in [0.29, 0.717) is 5.69 Å². The normalized spacial score (nSPS) is 10.6. The Hall–Kier alpha value is -3.36. The third-order valence-electron chi connectivity index (χ3n) is 3.44. The first-order valence-corrected chi connectivity index (χ1v) is 7.57. The smallest absolute Gasteiger partial charge is 0.276 e. The average Bonchev–Trinajstić information content (AvgIpc) is 3.10. The van der Waals surface area contributed by atoms with Crippen molar-refractivity contribution in [2.75, 3.05) is 7.05 Å². The number of amides is 1. The Bertz CT molecular complexity index is 882. The molecule has 3 rings (SSSR count). The minimum atomic E-state index is -0.828. The van der Waals surface area contributed by atoms with Crippen molar-refractivity contribution in [3.05, 3.63) is 71.6 Å². The molecule has 26 heavy (non-hydrogen) atoms. The third-order valence-corrected chi connectivity index (χ3v) is 3.44. The number of halogens is 2. The molecule has 1 amide bonds. The van der Waals surface area contributed by atoms with Crippen LogP contribution in [0.3, 0.4) is 0 Å². The summed E-state index contributed by atoms with van der Waals surface area (Å²) in [6.45, 7) is -0.00571. The van der Waals surface area contributed by atoms with Gasteiger partial charge in [0.25, 0.3) is 5.91 Å². The fourth-order valence-corrected chi connectivity index (χ4v) is 2.17. The molecule has 0 saturated carbocycles. The highest BCUT2D eigenvalue weighted by Crippen LogP contribution is 2.22. The molecule has 0 aliphatic carbocycles. The van der Waals surface area contributed by atoms with E-state index in [1.54, 1.807) is 19.3 Å². The van der Waals surface area contributed by atoms with Gasteiger partial charge in [-0.15, -0.1) is 0 Å². The van der Waals surface area contributed by atoms with Crippen LogP contribution in [0.5, 0.6) is 5.75 Å². The van der Waals surface area contributed by atoms with Crippen LogP contribution in [0.15, 0.2) is 47.4 Å². The van der Waals surface area contributed by atoms with Crippen molar-refractivity contribution in [1.82, 2.24) is 20.0 Å². The predicted octanol–water partition coefficient (Wildman–Crippen LogP) is 2.59. The van der Waals surface area contributed by atoms with Crippen molar-refractivity contribution in [3.8, 4) is 5.75 Å². The molecule has 1 aromatic carbocycles. The number of hydrogen-bond acceptors (Lipinski definition) is 6. The monoisotopic (exact) mass is 360 g/mol. The second-order valence-electron chi connectivity index (χ2n) is 5.38. The number of carbonyl (C=O) groups excluding carboxylic acids is 1. The Morgan fingerprint density at radius 2 is 2.04 bits per heavy atom. The molecule has 134 valence electrons. The van der Waals surface area contributed by atoms with E-state index in [-0.39, 0.29) is 24.6 Å². The van der Waals surface area contributed by atoms with Gasteiger partial charge in [-0.1, -0.05) is 11.2 Å². The highest BCUT2D eigenvalue weighted by molar-refractivity contribution is 5.92. The average molecular weight is 360 g/mol. The molecular weight excluding hydrogens is 346 g/mol. The zero-order chi connectivity index (χ0) is 18.5. The van der Waals surface area contributed by atoms with Gasteiger partial charge in [0.05, 0.1) is 12.2 Å². The van der Waals surface area contributed by atoms with Crippen LogP contribution in [0.25, 0.3) is 0 Å². The molecule has 0 N–H and O–H groups in total. The lowest BCUT2D eigenvalue weighted by Crippen LogP contribution is -2.26. The maximum atomic E-state index is 13.5. The minimum Gasteiger partial charge on any atom is -0.479 e. The zero-order valence-corrected chi connectivity index (χ0v) is 13.7. The van der Waals surface area contributed by atoms with E-state index in [9.17, 15) is 13.6 Å². The van der Waals surface area contributed by atoms with E-state index >= 15 is 0 Å². The lowest BCUT2D eigenvalue weighted by Gasteiger charge is -2.14. The zero-order valence-electron chi connectivity index (χ0n) is 13.7. The van der Waals surface area contributed by atoms with Crippen LogP contribution < -0.4 is 4.74 Å². The summed E-state index contributed by atoms with van der Waals surface area (Å²) in [6, 6.07) is 6.44. The number of para-hydroxylation sites is 1. The fourth-order valence-electron chi connectivity index (χ4n) is 2.17. The molecule has 9 heteroatoms. The van der Waals surface area contributed by atoms with Gasteiger partial charge in [-0.05, 0) is 18.2 Å². The minimum absolute atomic E-state index is 0.0501. The summed E-state index contributed by atoms with van der Waals surface area (Å²) in [7, 11) is 1.59. The Morgan fingerprint density at radius 1 is 1.27 bits per heavy atom. The first-order chi connectivity index (χ1) is 12.5. The van der Waals surface area contributed by atoms with E-state index in [1.807, 2.05) is 0 Å². The highest BCUT2D eigenvalue weighted by atomic mass is 19.1. The topological polar surface area (TPSA) is 81.4 Å². The molecule has 3 aromatic rings. The van der Waals surface area contributed by atoms with Gasteiger partial charge in [0.15, 0.2) is 28.8 Å². The summed E-state index contributed by atoms with van der Waals surface area (Å²) in [4.78, 5) is 21.6. The summed E-state index contributed by atoms with van der Waals surface area (Å²) in [6.07, 6.45) is 2.97. The molecule has 0 spiro atoms. The first kappa shape index (κ1) is 17.5. The number of nitrogens with zero attached hydrogens (tertiary/aromatic N) is 4. The lowest BCUT2D eigenvalue weighted by atomic mass is 10.3. The standard InChI is InChI=1S/C17H14F2N4O3/c1-23(8-11-5-6-20-10-21-11)17(24)15-7-12(26-22-15)9-25-16-13(18)3-2-4-14(16)19/h2-7,10H,8-9H2,1H3. The van der Waals surface area contributed by atoms with Crippen LogP contribution in [0.1, 0.15) is 21.9 Å². The molecule has 0 atom stereocenters. The molecule has 0 radical (unpaired) electrons. The number of hydrogen-bond donors (Lipinski definition) is 0. The second kappa shape index (κ2) is 7.68. The summed E-state index contributed by atoms with van der Waals surface area (Å²) in [5.74, 6) is -2.41. The third kappa shape index (κ3) is 4.00. The molecule has 0 aliphatic heterocycles. The number of carbonyl (C=O) groups is 1. The molecule has 7 nitrogen and oxygen atoms in total. The van der Waals surface area contributed by atoms with Gasteiger partial charge < -0.3 is 14.2 Å². The van der Waals surface area contributed by atoms with Gasteiger partial charge in [0.1, 0.15) is 12.9 Å². The van der Waals surface area contributed by atoms with E-state index in [0.717, 1.165) is 12.1 Å². The van der Waals surface area contributed by atoms with Gasteiger partial charge in [-0.25, -0.2) is 18.7 Å². The Balaban J connectivity index is 1.63. The fraction of sp³-hybridized carbons (Fsp3) is 0.176. The number of ether oxygens (including phenoxy) is 1. The van der Waals surface area contributed by atoms with Gasteiger partial charge in [0, 0.05) is 19.3 Å². The maximum absolute atomic E-state index is 13.5. The summed E-state index contributed by atoms with van der Waals surface area (Å²) in [5, 5.41) is 3.67. The van der Waals surface area contributed by atoms with Gasteiger partial charge in [-0.3, -0.25) is 4.79 Å². The molecule has 0 bridgehead atoms. The largest absolute Gasteiger partial charge is 0.479 e. The molecule has 2 aromatic heterocycles. The summed E-state index contributed by atoms with van der Waals surface area (Å²) in [5.41, 5.74) is 0.715. The van der Waals surface area contributed by atoms with Crippen molar-refractivity contribution < 1.29 is 22.8 Å². The number of rotatable bonds is 6. The van der Waals surface area contributed by atoms with Crippen molar-refractivity contribution in [1.29, 1.82) is 0 Å². The molecule has 0 unspecified atom stereocenters. The van der Waals surface area contributed by atoms with E-state index in [2.05, 4.69) is 15.1 Å². The highest BCUT2D eigenvalue weighted by Gasteiger charge is 2.18. The molecule has 0 fully saturated rings. The van der Waals surface area contributed by atoms with Gasteiger partial charge in [-0.2, -0.15) is 0 Å². The molecule has 0 aliphatic rings. The molecular formula is C17H14F2N4O3.